The molecule has 0 amide bonds. The first-order valence-electron chi connectivity index (χ1n) is 5.55. The molecule has 0 bridgehead atoms. The molecule has 0 radical (unpaired) electrons. The summed E-state index contributed by atoms with van der Waals surface area (Å²) in [7, 11) is 0. The molecule has 3 heteroatoms. The molecule has 0 saturated heterocycles. The van der Waals surface area contributed by atoms with Crippen LogP contribution >= 0.6 is 0 Å². The molecule has 2 N–H and O–H groups in total. The quantitative estimate of drug-likeness (QED) is 0.814. The summed E-state index contributed by atoms with van der Waals surface area (Å²) in [5.74, 6) is 0. The number of aryl methyl sites for hydroxylation is 3. The Morgan fingerprint density at radius 3 is 2.53 bits per heavy atom. The lowest BCUT2D eigenvalue weighted by Crippen LogP contribution is -2.13. The monoisotopic (exact) mass is 228 g/mol. The molecule has 2 rings (SSSR count). The SMILES string of the molecule is Cc1ccc(C)c(-n2cc(N)c(=O)cc2C)c1. The maximum Gasteiger partial charge on any atom is 0.204 e. The van der Waals surface area contributed by atoms with Crippen LogP contribution in [0, 0.1) is 20.8 Å². The third-order valence-electron chi connectivity index (χ3n) is 2.90. The Balaban J connectivity index is 2.72. The summed E-state index contributed by atoms with van der Waals surface area (Å²) in [4.78, 5) is 11.4. The minimum atomic E-state index is -0.121. The number of nitrogens with zero attached hydrogens (tertiary/aromatic N) is 1. The Bertz CT molecular complexity index is 627. The standard InChI is InChI=1S/C14H16N2O/c1-9-4-5-10(2)13(6-9)16-8-12(15)14(17)7-11(16)3/h4-8H,15H2,1-3H3. The van der Waals surface area contributed by atoms with Gasteiger partial charge in [0.1, 0.15) is 0 Å². The van der Waals surface area contributed by atoms with Crippen molar-refractivity contribution in [3.05, 3.63) is 57.5 Å². The molecule has 2 aromatic rings. The van der Waals surface area contributed by atoms with Crippen molar-refractivity contribution in [1.29, 1.82) is 0 Å². The van der Waals surface area contributed by atoms with E-state index < -0.39 is 0 Å². The fraction of sp³-hybridized carbons (Fsp3) is 0.214. The van der Waals surface area contributed by atoms with E-state index in [0.29, 0.717) is 0 Å². The molecule has 0 fully saturated rings. The number of nitrogen functional groups attached to an aromatic ring is 1. The summed E-state index contributed by atoms with van der Waals surface area (Å²) in [6, 6.07) is 7.79. The van der Waals surface area contributed by atoms with Gasteiger partial charge in [0, 0.05) is 23.6 Å². The van der Waals surface area contributed by atoms with Crippen LogP contribution in [-0.2, 0) is 0 Å². The predicted molar refractivity (Wildman–Crippen MR) is 70.7 cm³/mol. The van der Waals surface area contributed by atoms with Crippen molar-refractivity contribution < 1.29 is 0 Å². The highest BCUT2D eigenvalue weighted by Crippen LogP contribution is 2.18. The van der Waals surface area contributed by atoms with E-state index in [1.807, 2.05) is 25.3 Å². The first kappa shape index (κ1) is 11.5. The van der Waals surface area contributed by atoms with Crippen LogP contribution in [-0.4, -0.2) is 4.57 Å². The molecular weight excluding hydrogens is 212 g/mol. The summed E-state index contributed by atoms with van der Waals surface area (Å²) in [5.41, 5.74) is 10.1. The van der Waals surface area contributed by atoms with Crippen LogP contribution < -0.4 is 11.2 Å². The Hall–Kier alpha value is -2.03. The van der Waals surface area contributed by atoms with Gasteiger partial charge in [-0.25, -0.2) is 0 Å². The second-order valence-corrected chi connectivity index (χ2v) is 4.39. The summed E-state index contributed by atoms with van der Waals surface area (Å²) >= 11 is 0. The largest absolute Gasteiger partial charge is 0.394 e. The molecule has 0 spiro atoms. The van der Waals surface area contributed by atoms with Crippen molar-refractivity contribution in [2.45, 2.75) is 20.8 Å². The number of anilines is 1. The van der Waals surface area contributed by atoms with Gasteiger partial charge >= 0.3 is 0 Å². The third kappa shape index (κ3) is 2.09. The first-order chi connectivity index (χ1) is 7.99. The maximum absolute atomic E-state index is 11.4. The zero-order valence-corrected chi connectivity index (χ0v) is 10.3. The van der Waals surface area contributed by atoms with Crippen molar-refractivity contribution in [3.8, 4) is 5.69 Å². The minimum absolute atomic E-state index is 0.121. The van der Waals surface area contributed by atoms with Gasteiger partial charge in [-0.2, -0.15) is 0 Å². The van der Waals surface area contributed by atoms with E-state index >= 15 is 0 Å². The van der Waals surface area contributed by atoms with Gasteiger partial charge in [0.2, 0.25) is 5.43 Å². The van der Waals surface area contributed by atoms with Crippen LogP contribution in [0.2, 0.25) is 0 Å². The van der Waals surface area contributed by atoms with E-state index in [2.05, 4.69) is 18.2 Å². The highest BCUT2D eigenvalue weighted by atomic mass is 16.1. The lowest BCUT2D eigenvalue weighted by molar-refractivity contribution is 0.964. The number of nitrogens with two attached hydrogens (primary N) is 1. The van der Waals surface area contributed by atoms with E-state index in [-0.39, 0.29) is 11.1 Å². The first-order valence-corrected chi connectivity index (χ1v) is 5.55. The molecular formula is C14H16N2O. The number of hydrogen-bond donors (Lipinski definition) is 1. The molecule has 0 unspecified atom stereocenters. The lowest BCUT2D eigenvalue weighted by atomic mass is 10.1. The number of rotatable bonds is 1. The highest BCUT2D eigenvalue weighted by molar-refractivity contribution is 5.47. The molecule has 1 heterocycles. The third-order valence-corrected chi connectivity index (χ3v) is 2.90. The molecule has 3 nitrogen and oxygen atoms in total. The van der Waals surface area contributed by atoms with Gasteiger partial charge in [0.25, 0.3) is 0 Å². The summed E-state index contributed by atoms with van der Waals surface area (Å²) in [6.07, 6.45) is 1.69. The van der Waals surface area contributed by atoms with Crippen molar-refractivity contribution >= 4 is 5.69 Å². The summed E-state index contributed by atoms with van der Waals surface area (Å²) in [5, 5.41) is 0. The molecule has 17 heavy (non-hydrogen) atoms. The van der Waals surface area contributed by atoms with Crippen molar-refractivity contribution in [3.63, 3.8) is 0 Å². The van der Waals surface area contributed by atoms with Crippen molar-refractivity contribution in [2.24, 2.45) is 0 Å². The van der Waals surface area contributed by atoms with Crippen LogP contribution in [0.4, 0.5) is 5.69 Å². The van der Waals surface area contributed by atoms with Crippen LogP contribution in [0.5, 0.6) is 0 Å². The Kier molecular flexibility index (Phi) is 2.76. The van der Waals surface area contributed by atoms with Crippen LogP contribution in [0.1, 0.15) is 16.8 Å². The molecule has 0 atom stereocenters. The summed E-state index contributed by atoms with van der Waals surface area (Å²) < 4.78 is 1.96. The van der Waals surface area contributed by atoms with Crippen LogP contribution in [0.3, 0.4) is 0 Å². The second-order valence-electron chi connectivity index (χ2n) is 4.39. The topological polar surface area (TPSA) is 48.0 Å². The second kappa shape index (κ2) is 4.09. The van der Waals surface area contributed by atoms with Crippen molar-refractivity contribution in [2.75, 3.05) is 5.73 Å². The van der Waals surface area contributed by atoms with Gasteiger partial charge in [0.05, 0.1) is 5.69 Å². The number of pyridine rings is 1. The summed E-state index contributed by atoms with van der Waals surface area (Å²) in [6.45, 7) is 6.00. The highest BCUT2D eigenvalue weighted by Gasteiger charge is 2.05. The molecule has 0 aliphatic heterocycles. The van der Waals surface area contributed by atoms with E-state index in [0.717, 1.165) is 16.9 Å². The number of hydrogen-bond acceptors (Lipinski definition) is 2. The smallest absolute Gasteiger partial charge is 0.204 e. The van der Waals surface area contributed by atoms with Gasteiger partial charge in [-0.1, -0.05) is 12.1 Å². The van der Waals surface area contributed by atoms with E-state index in [1.165, 1.54) is 5.56 Å². The van der Waals surface area contributed by atoms with Crippen molar-refractivity contribution in [1.82, 2.24) is 4.57 Å². The van der Waals surface area contributed by atoms with Gasteiger partial charge in [0.15, 0.2) is 0 Å². The number of benzene rings is 1. The van der Waals surface area contributed by atoms with Gasteiger partial charge < -0.3 is 10.3 Å². The average molecular weight is 228 g/mol. The molecule has 88 valence electrons. The molecule has 0 aliphatic rings. The van der Waals surface area contributed by atoms with Gasteiger partial charge in [-0.05, 0) is 38.0 Å². The van der Waals surface area contributed by atoms with Gasteiger partial charge in [-0.15, -0.1) is 0 Å². The average Bonchev–Trinajstić information content (AvgIpc) is 2.27. The fourth-order valence-electron chi connectivity index (χ4n) is 1.89. The zero-order valence-electron chi connectivity index (χ0n) is 10.3. The van der Waals surface area contributed by atoms with Crippen LogP contribution in [0.15, 0.2) is 35.3 Å². The van der Waals surface area contributed by atoms with Gasteiger partial charge in [-0.3, -0.25) is 4.79 Å². The zero-order chi connectivity index (χ0) is 12.6. The molecule has 1 aromatic heterocycles. The minimum Gasteiger partial charge on any atom is -0.394 e. The molecule has 1 aromatic carbocycles. The number of aromatic nitrogens is 1. The Morgan fingerprint density at radius 2 is 1.82 bits per heavy atom. The maximum atomic E-state index is 11.4. The fourth-order valence-corrected chi connectivity index (χ4v) is 1.89. The van der Waals surface area contributed by atoms with E-state index in [4.69, 9.17) is 5.73 Å². The molecule has 0 saturated carbocycles. The normalized spacial score (nSPS) is 10.5. The Morgan fingerprint density at radius 1 is 1.12 bits per heavy atom. The molecule has 0 aliphatic carbocycles. The predicted octanol–water partition coefficient (Wildman–Crippen LogP) is 2.34. The van der Waals surface area contributed by atoms with E-state index in [1.54, 1.807) is 12.3 Å². The lowest BCUT2D eigenvalue weighted by Gasteiger charge is -2.14. The van der Waals surface area contributed by atoms with Crippen LogP contribution in [0.25, 0.3) is 5.69 Å². The Labute approximate surface area is 101 Å². The van der Waals surface area contributed by atoms with E-state index in [9.17, 15) is 4.79 Å².